The van der Waals surface area contributed by atoms with Gasteiger partial charge < -0.3 is 10.8 Å². The minimum Gasteiger partial charge on any atom is -0.493 e. The molecule has 2 heterocycles. The molecule has 1 aromatic heterocycles. The van der Waals surface area contributed by atoms with E-state index < -0.39 is 11.6 Å². The molecule has 1 aliphatic rings. The zero-order valence-electron chi connectivity index (χ0n) is 22.9. The van der Waals surface area contributed by atoms with Gasteiger partial charge >= 0.3 is 5.69 Å². The molecule has 202 valence electrons. The summed E-state index contributed by atoms with van der Waals surface area (Å²) in [4.78, 5) is 34.4. The number of primary amides is 1. The Balaban J connectivity index is 0.000000924. The lowest BCUT2D eigenvalue weighted by Gasteiger charge is -2.25. The van der Waals surface area contributed by atoms with Gasteiger partial charge in [0.15, 0.2) is 0 Å². The van der Waals surface area contributed by atoms with Gasteiger partial charge in [0.05, 0.1) is 17.8 Å². The first-order valence-electron chi connectivity index (χ1n) is 12.4. The number of hydrogen-bond acceptors (Lipinski definition) is 5. The Bertz CT molecular complexity index is 1350. The van der Waals surface area contributed by atoms with E-state index in [9.17, 15) is 24.8 Å². The number of aromatic nitrogens is 2. The first-order valence-corrected chi connectivity index (χ1v) is 12.4. The maximum absolute atomic E-state index is 11.6. The smallest absolute Gasteiger partial charge is 0.335 e. The number of imidazole rings is 1. The molecule has 1 aliphatic heterocycles. The van der Waals surface area contributed by atoms with Crippen molar-refractivity contribution < 1.29 is 20.0 Å². The zero-order chi connectivity index (χ0) is 28.9. The molecule has 0 unspecified atom stereocenters. The van der Waals surface area contributed by atoms with Gasteiger partial charge in [-0.1, -0.05) is 58.4 Å². The van der Waals surface area contributed by atoms with Crippen molar-refractivity contribution >= 4 is 24.1 Å². The topological polar surface area (TPSA) is 159 Å². The van der Waals surface area contributed by atoms with E-state index in [1.165, 1.54) is 23.3 Å². The molecular weight excluding hydrogens is 482 g/mol. The molecule has 38 heavy (non-hydrogen) atoms. The number of rotatable bonds is 5. The number of carbonyl (C=O) groups excluding carboxylic acids is 2. The van der Waals surface area contributed by atoms with Gasteiger partial charge in [0.2, 0.25) is 18.2 Å². The van der Waals surface area contributed by atoms with Crippen molar-refractivity contribution in [1.82, 2.24) is 9.55 Å². The van der Waals surface area contributed by atoms with Crippen molar-refractivity contribution in [2.75, 3.05) is 0 Å². The van der Waals surface area contributed by atoms with E-state index in [4.69, 9.17) is 0 Å². The summed E-state index contributed by atoms with van der Waals surface area (Å²) in [5.74, 6) is -0.656. The van der Waals surface area contributed by atoms with Gasteiger partial charge in [0, 0.05) is 12.0 Å². The second-order valence-electron chi connectivity index (χ2n) is 8.87. The van der Waals surface area contributed by atoms with Crippen LogP contribution in [-0.4, -0.2) is 27.0 Å². The number of aryl methyl sites for hydroxylation is 1. The van der Waals surface area contributed by atoms with Crippen molar-refractivity contribution in [3.63, 3.8) is 0 Å². The van der Waals surface area contributed by atoms with Crippen LogP contribution in [0.4, 0.5) is 5.69 Å². The van der Waals surface area contributed by atoms with E-state index in [0.29, 0.717) is 18.4 Å². The van der Waals surface area contributed by atoms with Gasteiger partial charge in [-0.15, -0.1) is 0 Å². The van der Waals surface area contributed by atoms with Crippen molar-refractivity contribution in [2.45, 2.75) is 59.8 Å². The van der Waals surface area contributed by atoms with Crippen LogP contribution >= 0.6 is 0 Å². The largest absolute Gasteiger partial charge is 0.493 e. The average Bonchev–Trinajstić information content (AvgIpc) is 3.20. The van der Waals surface area contributed by atoms with Crippen LogP contribution in [0.1, 0.15) is 64.3 Å². The third-order valence-corrected chi connectivity index (χ3v) is 5.67. The number of nitriles is 1. The number of H-pyrrole nitrogens is 1. The molecular formula is C29H38N5O4+. The molecule has 0 spiro atoms. The number of carbonyl (C=O) groups is 2. The van der Waals surface area contributed by atoms with E-state index in [1.54, 1.807) is 13.0 Å². The highest BCUT2D eigenvalue weighted by molar-refractivity contribution is 5.73. The third kappa shape index (κ3) is 8.61. The zero-order valence-corrected chi connectivity index (χ0v) is 22.9. The van der Waals surface area contributed by atoms with Gasteiger partial charge in [-0.05, 0) is 54.7 Å². The molecule has 0 aliphatic carbocycles. The molecule has 0 saturated heterocycles. The minimum atomic E-state index is -0.730. The molecule has 2 aromatic rings. The molecule has 0 saturated carbocycles. The number of nitrogens with two attached hydrogens (primary N) is 2. The second-order valence-corrected chi connectivity index (χ2v) is 8.87. The first kappa shape index (κ1) is 31.6. The Hall–Kier alpha value is -4.42. The highest BCUT2D eigenvalue weighted by atomic mass is 16.3. The Morgan fingerprint density at radius 3 is 2.58 bits per heavy atom. The minimum absolute atomic E-state index is 0.0211. The Labute approximate surface area is 223 Å². The van der Waals surface area contributed by atoms with Crippen LogP contribution in [0.2, 0.25) is 0 Å². The predicted molar refractivity (Wildman–Crippen MR) is 150 cm³/mol. The summed E-state index contributed by atoms with van der Waals surface area (Å²) in [7, 11) is 0. The second kappa shape index (κ2) is 15.0. The van der Waals surface area contributed by atoms with Crippen molar-refractivity contribution in [3.8, 4) is 11.9 Å². The Kier molecular flexibility index (Phi) is 12.5. The van der Waals surface area contributed by atoms with E-state index in [2.05, 4.69) is 55.8 Å². The normalized spacial score (nSPS) is 16.4. The van der Waals surface area contributed by atoms with Gasteiger partial charge in [-0.3, -0.25) is 19.9 Å². The lowest BCUT2D eigenvalue weighted by atomic mass is 9.79. The lowest BCUT2D eigenvalue weighted by Crippen LogP contribution is -2.71. The molecule has 0 radical (unpaired) electrons. The van der Waals surface area contributed by atoms with Crippen molar-refractivity contribution in [1.29, 1.82) is 5.26 Å². The molecule has 6 N–H and O–H groups in total. The number of nitrogens with zero attached hydrogens (tertiary/aromatic N) is 2. The van der Waals surface area contributed by atoms with E-state index in [0.717, 1.165) is 22.2 Å². The molecule has 0 bridgehead atoms. The number of aromatic amines is 1. The number of amides is 1. The number of aromatic hydroxyl groups is 1. The number of allylic oxidation sites excluding steroid dienone is 6. The fraction of sp³-hybridized carbons (Fsp3) is 0.310. The molecule has 1 amide bonds. The van der Waals surface area contributed by atoms with E-state index in [1.807, 2.05) is 37.5 Å². The van der Waals surface area contributed by atoms with Crippen LogP contribution in [0.25, 0.3) is 6.08 Å². The lowest BCUT2D eigenvalue weighted by molar-refractivity contribution is -0.497. The average molecular weight is 521 g/mol. The van der Waals surface area contributed by atoms with Crippen LogP contribution in [0, 0.1) is 18.3 Å². The fourth-order valence-electron chi connectivity index (χ4n) is 3.55. The van der Waals surface area contributed by atoms with Gasteiger partial charge in [0.25, 0.3) is 0 Å². The molecule has 9 nitrogen and oxygen atoms in total. The van der Waals surface area contributed by atoms with Crippen LogP contribution in [-0.2, 0) is 15.0 Å². The predicted octanol–water partition coefficient (Wildman–Crippen LogP) is 3.62. The Morgan fingerprint density at radius 2 is 2.00 bits per heavy atom. The van der Waals surface area contributed by atoms with E-state index in [-0.39, 0.29) is 17.0 Å². The molecule has 0 atom stereocenters. The van der Waals surface area contributed by atoms with Crippen LogP contribution in [0.3, 0.4) is 0 Å². The van der Waals surface area contributed by atoms with Gasteiger partial charge in [-0.2, -0.15) is 5.26 Å². The van der Waals surface area contributed by atoms with Crippen LogP contribution < -0.4 is 16.7 Å². The van der Waals surface area contributed by atoms with Crippen LogP contribution in [0.5, 0.6) is 5.88 Å². The standard InChI is InChI=1S/C24H24N4O3.C3H7NO.C2H6/c1-16-7-8-20-19(13-16)24(2,3)11-9-17(10-12-26-20)18(14-25)5-4-6-21-22(30)27-23(31)28(21)15-29;1-2-3(4)5;1-2/h4-10,12-13,15,26,30H,11H2,1-3H3,(H,27,31);2H2,1H3,(H2,4,5);1-2H3/p+1/b6-4+,12-10-,17-9+,18-5+;;. The number of nitrogens with one attached hydrogen (secondary N) is 1. The molecule has 1 aromatic carbocycles. The maximum Gasteiger partial charge on any atom is 0.335 e. The monoisotopic (exact) mass is 520 g/mol. The van der Waals surface area contributed by atoms with E-state index >= 15 is 0 Å². The number of hydrogen-bond donors (Lipinski definition) is 4. The summed E-state index contributed by atoms with van der Waals surface area (Å²) in [6, 6.07) is 8.61. The quantitative estimate of drug-likeness (QED) is 0.205. The number of benzene rings is 1. The summed E-state index contributed by atoms with van der Waals surface area (Å²) in [5.41, 5.74) is 8.63. The summed E-state index contributed by atoms with van der Waals surface area (Å²) >= 11 is 0. The summed E-state index contributed by atoms with van der Waals surface area (Å²) in [6.07, 6.45) is 11.9. The summed E-state index contributed by atoms with van der Waals surface area (Å²) in [5, 5.41) is 21.5. The molecule has 9 heteroatoms. The molecule has 0 fully saturated rings. The third-order valence-electron chi connectivity index (χ3n) is 5.67. The molecule has 3 rings (SSSR count). The Morgan fingerprint density at radius 1 is 1.34 bits per heavy atom. The van der Waals surface area contributed by atoms with Crippen molar-refractivity contribution in [2.24, 2.45) is 5.73 Å². The number of fused-ring (bicyclic) bond motifs is 1. The first-order chi connectivity index (χ1) is 18.0. The highest BCUT2D eigenvalue weighted by Gasteiger charge is 2.25. The van der Waals surface area contributed by atoms with Crippen molar-refractivity contribution in [3.05, 3.63) is 87.2 Å². The SMILES string of the molecule is CC.CCC(N)=O.Cc1ccc2c(c1)C(C)(C)C/C=C(/C(C#N)=C/C=C/c1c(O)[nH]c(=O)n1C=O)\C=C/[NH2+]2. The fourth-order valence-corrected chi connectivity index (χ4v) is 3.55. The maximum atomic E-state index is 11.6. The van der Waals surface area contributed by atoms with Crippen LogP contribution in [0.15, 0.2) is 64.6 Å². The van der Waals surface area contributed by atoms with Gasteiger partial charge in [0.1, 0.15) is 11.4 Å². The summed E-state index contributed by atoms with van der Waals surface area (Å²) < 4.78 is 0.752. The van der Waals surface area contributed by atoms with Gasteiger partial charge in [-0.25, -0.2) is 9.36 Å². The number of quaternary nitrogens is 1. The highest BCUT2D eigenvalue weighted by Crippen LogP contribution is 2.33. The summed E-state index contributed by atoms with van der Waals surface area (Å²) in [6.45, 7) is 12.2.